The molecule has 2 aromatic rings. The molecule has 0 unspecified atom stereocenters. The number of nitrogen functional groups attached to an aromatic ring is 1. The first-order valence-electron chi connectivity index (χ1n) is 4.20. The van der Waals surface area contributed by atoms with Crippen molar-refractivity contribution in [3.63, 3.8) is 0 Å². The Morgan fingerprint density at radius 1 is 1.29 bits per heavy atom. The Bertz CT molecular complexity index is 434. The molecule has 0 aliphatic rings. The smallest absolute Gasteiger partial charge is 0.0770 e. The van der Waals surface area contributed by atoms with E-state index in [0.717, 1.165) is 11.4 Å². The number of aryl methyl sites for hydroxylation is 1. The Labute approximate surface area is 81.6 Å². The van der Waals surface area contributed by atoms with Gasteiger partial charge in [-0.25, -0.2) is 0 Å². The van der Waals surface area contributed by atoms with E-state index in [4.69, 9.17) is 5.73 Å². The Morgan fingerprint density at radius 2 is 2.14 bits per heavy atom. The number of anilines is 3. The number of rotatable bonds is 2. The molecule has 0 amide bonds. The monoisotopic (exact) mass is 189 g/mol. The van der Waals surface area contributed by atoms with E-state index in [-0.39, 0.29) is 0 Å². The number of nitrogens with one attached hydrogen (secondary N) is 1. The van der Waals surface area contributed by atoms with Crippen LogP contribution in [0.15, 0.2) is 30.9 Å². The summed E-state index contributed by atoms with van der Waals surface area (Å²) in [7, 11) is 1.86. The van der Waals surface area contributed by atoms with Crippen molar-refractivity contribution >= 4 is 17.1 Å². The van der Waals surface area contributed by atoms with E-state index >= 15 is 0 Å². The highest BCUT2D eigenvalue weighted by Crippen LogP contribution is 2.15. The van der Waals surface area contributed by atoms with Crippen LogP contribution in [0.4, 0.5) is 17.1 Å². The van der Waals surface area contributed by atoms with Gasteiger partial charge in [-0.05, 0) is 6.07 Å². The van der Waals surface area contributed by atoms with Gasteiger partial charge < -0.3 is 11.1 Å². The summed E-state index contributed by atoms with van der Waals surface area (Å²) < 4.78 is 1.72. The van der Waals surface area contributed by atoms with Crippen LogP contribution in [-0.2, 0) is 7.05 Å². The number of aromatic nitrogens is 3. The van der Waals surface area contributed by atoms with Crippen LogP contribution in [0.3, 0.4) is 0 Å². The van der Waals surface area contributed by atoms with Gasteiger partial charge in [0.1, 0.15) is 0 Å². The minimum Gasteiger partial charge on any atom is -0.397 e. The number of nitrogens with zero attached hydrogens (tertiary/aromatic N) is 3. The second-order valence-electron chi connectivity index (χ2n) is 3.03. The number of pyridine rings is 1. The SMILES string of the molecule is Cn1cc(Nc2cncc(N)c2)cn1. The Balaban J connectivity index is 2.18. The van der Waals surface area contributed by atoms with Crippen molar-refractivity contribution in [3.8, 4) is 0 Å². The Kier molecular flexibility index (Phi) is 2.06. The van der Waals surface area contributed by atoms with Crippen LogP contribution in [0.5, 0.6) is 0 Å². The second kappa shape index (κ2) is 3.37. The molecule has 0 bridgehead atoms. The summed E-state index contributed by atoms with van der Waals surface area (Å²) >= 11 is 0. The lowest BCUT2D eigenvalue weighted by Crippen LogP contribution is -1.92. The minimum atomic E-state index is 0.638. The van der Waals surface area contributed by atoms with Crippen molar-refractivity contribution in [2.75, 3.05) is 11.1 Å². The number of hydrogen-bond donors (Lipinski definition) is 2. The van der Waals surface area contributed by atoms with Crippen LogP contribution in [0.25, 0.3) is 0 Å². The van der Waals surface area contributed by atoms with Gasteiger partial charge in [-0.15, -0.1) is 0 Å². The maximum absolute atomic E-state index is 5.59. The van der Waals surface area contributed by atoms with Crippen LogP contribution in [-0.4, -0.2) is 14.8 Å². The molecule has 0 fully saturated rings. The standard InChI is InChI=1S/C9H11N5/c1-14-6-9(5-12-14)13-8-2-7(10)3-11-4-8/h2-6,13H,10H2,1H3. The zero-order chi connectivity index (χ0) is 9.97. The summed E-state index contributed by atoms with van der Waals surface area (Å²) in [5.74, 6) is 0. The van der Waals surface area contributed by atoms with Gasteiger partial charge in [-0.1, -0.05) is 0 Å². The fourth-order valence-electron chi connectivity index (χ4n) is 1.18. The number of hydrogen-bond acceptors (Lipinski definition) is 4. The quantitative estimate of drug-likeness (QED) is 0.743. The highest BCUT2D eigenvalue weighted by Gasteiger charge is 1.97. The van der Waals surface area contributed by atoms with Gasteiger partial charge in [0.15, 0.2) is 0 Å². The maximum atomic E-state index is 5.59. The van der Waals surface area contributed by atoms with Gasteiger partial charge in [0, 0.05) is 19.4 Å². The van der Waals surface area contributed by atoms with Crippen molar-refractivity contribution in [3.05, 3.63) is 30.9 Å². The molecule has 2 heterocycles. The average molecular weight is 189 g/mol. The molecule has 0 aromatic carbocycles. The molecule has 14 heavy (non-hydrogen) atoms. The van der Waals surface area contributed by atoms with Gasteiger partial charge in [-0.2, -0.15) is 5.10 Å². The molecule has 0 spiro atoms. The molecular weight excluding hydrogens is 178 g/mol. The van der Waals surface area contributed by atoms with E-state index in [1.165, 1.54) is 0 Å². The van der Waals surface area contributed by atoms with E-state index in [0.29, 0.717) is 5.69 Å². The van der Waals surface area contributed by atoms with Crippen molar-refractivity contribution in [2.45, 2.75) is 0 Å². The van der Waals surface area contributed by atoms with Crippen LogP contribution in [0.1, 0.15) is 0 Å². The van der Waals surface area contributed by atoms with Crippen LogP contribution in [0.2, 0.25) is 0 Å². The predicted molar refractivity (Wildman–Crippen MR) is 55.1 cm³/mol. The highest BCUT2D eigenvalue weighted by atomic mass is 15.3. The first kappa shape index (κ1) is 8.55. The summed E-state index contributed by atoms with van der Waals surface area (Å²) in [6, 6.07) is 1.82. The lowest BCUT2D eigenvalue weighted by atomic mass is 10.3. The van der Waals surface area contributed by atoms with Gasteiger partial charge in [0.05, 0.1) is 29.5 Å². The first-order chi connectivity index (χ1) is 6.74. The average Bonchev–Trinajstić information content (AvgIpc) is 2.51. The van der Waals surface area contributed by atoms with E-state index < -0.39 is 0 Å². The van der Waals surface area contributed by atoms with Crippen LogP contribution < -0.4 is 11.1 Å². The van der Waals surface area contributed by atoms with Crippen molar-refractivity contribution < 1.29 is 0 Å². The Morgan fingerprint density at radius 3 is 2.79 bits per heavy atom. The molecule has 2 aromatic heterocycles. The molecule has 0 aliphatic carbocycles. The summed E-state index contributed by atoms with van der Waals surface area (Å²) in [5.41, 5.74) is 8.01. The largest absolute Gasteiger partial charge is 0.397 e. The fraction of sp³-hybridized carbons (Fsp3) is 0.111. The molecule has 0 atom stereocenters. The Hall–Kier alpha value is -2.04. The van der Waals surface area contributed by atoms with Gasteiger partial charge >= 0.3 is 0 Å². The summed E-state index contributed by atoms with van der Waals surface area (Å²) in [5, 5.41) is 7.18. The summed E-state index contributed by atoms with van der Waals surface area (Å²) in [6.45, 7) is 0. The summed E-state index contributed by atoms with van der Waals surface area (Å²) in [4.78, 5) is 3.97. The van der Waals surface area contributed by atoms with E-state index in [1.807, 2.05) is 19.3 Å². The topological polar surface area (TPSA) is 68.8 Å². The van der Waals surface area contributed by atoms with Crippen LogP contribution >= 0.6 is 0 Å². The van der Waals surface area contributed by atoms with Crippen molar-refractivity contribution in [2.24, 2.45) is 7.05 Å². The molecule has 0 saturated carbocycles. The van der Waals surface area contributed by atoms with Crippen molar-refractivity contribution in [1.82, 2.24) is 14.8 Å². The third-order valence-electron chi connectivity index (χ3n) is 1.75. The molecular formula is C9H11N5. The third kappa shape index (κ3) is 1.82. The van der Waals surface area contributed by atoms with E-state index in [2.05, 4.69) is 15.4 Å². The predicted octanol–water partition coefficient (Wildman–Crippen LogP) is 1.14. The lowest BCUT2D eigenvalue weighted by molar-refractivity contribution is 0.768. The number of nitrogens with two attached hydrogens (primary N) is 1. The zero-order valence-corrected chi connectivity index (χ0v) is 7.81. The van der Waals surface area contributed by atoms with Gasteiger partial charge in [0.25, 0.3) is 0 Å². The van der Waals surface area contributed by atoms with Crippen LogP contribution in [0, 0.1) is 0 Å². The van der Waals surface area contributed by atoms with E-state index in [9.17, 15) is 0 Å². The first-order valence-corrected chi connectivity index (χ1v) is 4.20. The molecule has 0 radical (unpaired) electrons. The van der Waals surface area contributed by atoms with Crippen molar-refractivity contribution in [1.29, 1.82) is 0 Å². The van der Waals surface area contributed by atoms with E-state index in [1.54, 1.807) is 23.3 Å². The normalized spacial score (nSPS) is 10.1. The van der Waals surface area contributed by atoms with Gasteiger partial charge in [-0.3, -0.25) is 9.67 Å². The molecule has 3 N–H and O–H groups in total. The minimum absolute atomic E-state index is 0.638. The highest BCUT2D eigenvalue weighted by molar-refractivity contribution is 5.60. The molecule has 5 nitrogen and oxygen atoms in total. The molecule has 72 valence electrons. The molecule has 0 saturated heterocycles. The molecule has 5 heteroatoms. The maximum Gasteiger partial charge on any atom is 0.0770 e. The second-order valence-corrected chi connectivity index (χ2v) is 3.03. The third-order valence-corrected chi connectivity index (χ3v) is 1.75. The summed E-state index contributed by atoms with van der Waals surface area (Å²) in [6.07, 6.45) is 6.93. The zero-order valence-electron chi connectivity index (χ0n) is 7.81. The fourth-order valence-corrected chi connectivity index (χ4v) is 1.18. The lowest BCUT2D eigenvalue weighted by Gasteiger charge is -2.02. The van der Waals surface area contributed by atoms with Gasteiger partial charge in [0.2, 0.25) is 0 Å². The molecule has 0 aliphatic heterocycles. The molecule has 2 rings (SSSR count).